The standard InChI is InChI=1S/C49H75N4O14PSi/c1-12-31(4)24-42(56)65-46-32(5)38(63-48(44(46)52-53-50)67-69(10,11)49(7,8)9)30-59-47-43(51-40(54)25-37(13-2)62-41(55)14-3)33(6)45(39(64-47)29-58-26-34-20-16-15-17-21-34)66-68(57)60-27-35-22-18-19-23-36(35)28-61-68/h15-23,31-33,37-39,43-48H,12-14,24-30H2,1-11H3,(H,51,54)/t31-,32-,33-,37-,38?,39?,43?,44?,45+,46+,47-,48+/m1/s1. The van der Waals surface area contributed by atoms with Gasteiger partial charge in [-0.25, -0.2) is 4.57 Å². The molecule has 0 aliphatic carbocycles. The quantitative estimate of drug-likeness (QED) is 0.0290. The molecule has 20 heteroatoms. The number of hydrogen-bond acceptors (Lipinski definition) is 15. The van der Waals surface area contributed by atoms with Gasteiger partial charge in [-0.3, -0.25) is 28.0 Å². The number of carbonyl (C=O) groups is 3. The van der Waals surface area contributed by atoms with Gasteiger partial charge in [-0.1, -0.05) is 128 Å². The molecule has 1 amide bonds. The molecule has 0 aromatic heterocycles. The van der Waals surface area contributed by atoms with Crippen LogP contribution in [0.25, 0.3) is 10.4 Å². The Morgan fingerprint density at radius 2 is 1.51 bits per heavy atom. The van der Waals surface area contributed by atoms with Gasteiger partial charge in [0.2, 0.25) is 5.91 Å². The fourth-order valence-electron chi connectivity index (χ4n) is 7.99. The highest BCUT2D eigenvalue weighted by molar-refractivity contribution is 7.48. The Morgan fingerprint density at radius 3 is 2.10 bits per heavy atom. The molecule has 18 nitrogen and oxygen atoms in total. The lowest BCUT2D eigenvalue weighted by Gasteiger charge is -2.48. The number of nitrogens with one attached hydrogen (secondary N) is 1. The number of rotatable bonds is 22. The van der Waals surface area contributed by atoms with Crippen LogP contribution in [0.1, 0.15) is 111 Å². The molecule has 69 heavy (non-hydrogen) atoms. The van der Waals surface area contributed by atoms with Crippen LogP contribution in [0.3, 0.4) is 0 Å². The number of phosphoric acid groups is 1. The summed E-state index contributed by atoms with van der Waals surface area (Å²) in [6, 6.07) is 15.0. The third kappa shape index (κ3) is 15.6. The summed E-state index contributed by atoms with van der Waals surface area (Å²) in [6.07, 6.45) is -5.48. The van der Waals surface area contributed by atoms with Gasteiger partial charge >= 0.3 is 19.8 Å². The molecule has 0 radical (unpaired) electrons. The van der Waals surface area contributed by atoms with E-state index in [9.17, 15) is 24.5 Å². The van der Waals surface area contributed by atoms with Crippen molar-refractivity contribution < 1.29 is 65.4 Å². The van der Waals surface area contributed by atoms with Crippen LogP contribution >= 0.6 is 7.82 Å². The second-order valence-electron chi connectivity index (χ2n) is 19.9. The van der Waals surface area contributed by atoms with E-state index in [0.717, 1.165) is 23.1 Å². The van der Waals surface area contributed by atoms with E-state index in [1.165, 1.54) is 0 Å². The summed E-state index contributed by atoms with van der Waals surface area (Å²) >= 11 is 0. The number of amides is 1. The zero-order valence-electron chi connectivity index (χ0n) is 42.2. The first-order valence-corrected chi connectivity index (χ1v) is 28.7. The van der Waals surface area contributed by atoms with Crippen molar-refractivity contribution in [2.24, 2.45) is 22.9 Å². The summed E-state index contributed by atoms with van der Waals surface area (Å²) in [5, 5.41) is 6.91. The van der Waals surface area contributed by atoms with E-state index < -0.39 is 101 Å². The molecule has 3 aliphatic heterocycles. The average Bonchev–Trinajstić information content (AvgIpc) is 3.48. The van der Waals surface area contributed by atoms with E-state index in [1.54, 1.807) is 6.92 Å². The molecule has 0 saturated carbocycles. The summed E-state index contributed by atoms with van der Waals surface area (Å²) in [4.78, 5) is 42.9. The van der Waals surface area contributed by atoms with Crippen LogP contribution in [-0.4, -0.2) is 94.6 Å². The molecule has 4 unspecified atom stereocenters. The smallest absolute Gasteiger partial charge is 0.462 e. The van der Waals surface area contributed by atoms with E-state index >= 15 is 0 Å². The number of ether oxygens (including phenoxy) is 6. The molecule has 2 aromatic carbocycles. The number of azide groups is 1. The fourth-order valence-corrected chi connectivity index (χ4v) is 10.5. The van der Waals surface area contributed by atoms with Gasteiger partial charge in [0.25, 0.3) is 0 Å². The van der Waals surface area contributed by atoms with Crippen LogP contribution in [0.2, 0.25) is 18.1 Å². The summed E-state index contributed by atoms with van der Waals surface area (Å²) in [5.74, 6) is -2.58. The van der Waals surface area contributed by atoms with E-state index in [-0.39, 0.29) is 63.3 Å². The Balaban J connectivity index is 1.49. The molecule has 2 fully saturated rings. The minimum Gasteiger partial charge on any atom is -0.462 e. The molecule has 5 rings (SSSR count). The maximum absolute atomic E-state index is 14.5. The number of nitrogens with zero attached hydrogens (tertiary/aromatic N) is 3. The van der Waals surface area contributed by atoms with Gasteiger partial charge in [0.05, 0.1) is 51.6 Å². The minimum atomic E-state index is -4.28. The van der Waals surface area contributed by atoms with Crippen molar-refractivity contribution in [3.8, 4) is 0 Å². The number of fused-ring (bicyclic) bond motifs is 1. The highest BCUT2D eigenvalue weighted by atomic mass is 31.2. The van der Waals surface area contributed by atoms with E-state index in [4.69, 9.17) is 46.4 Å². The molecule has 0 spiro atoms. The molecule has 2 saturated heterocycles. The average molecular weight is 1000 g/mol. The topological polar surface area (TPSA) is 221 Å². The van der Waals surface area contributed by atoms with Crippen LogP contribution in [-0.2, 0) is 85.2 Å². The number of phosphoric ester groups is 1. The minimum absolute atomic E-state index is 0.0282. The maximum Gasteiger partial charge on any atom is 0.475 e. The van der Waals surface area contributed by atoms with Crippen molar-refractivity contribution in [1.29, 1.82) is 0 Å². The van der Waals surface area contributed by atoms with Gasteiger partial charge in [0, 0.05) is 29.6 Å². The Morgan fingerprint density at radius 1 is 0.870 bits per heavy atom. The van der Waals surface area contributed by atoms with Crippen LogP contribution in [0, 0.1) is 17.8 Å². The Hall–Kier alpha value is -3.71. The SMILES string of the molecule is CCC(=O)O[C@H](CC)CC(=O)NC1[C@H](OCC2O[C@@H](O[Si](C)(C)C(C)(C)C)C(N=[N+]=[N-])[C@@H](OC(=O)C[C@H](C)CC)[C@@H]2C)OC(COCc2ccccc2)[C@@H](OP2(=O)OCc3ccccc3CO2)[C@@H]1C. The van der Waals surface area contributed by atoms with Crippen molar-refractivity contribution in [2.75, 3.05) is 13.2 Å². The molecule has 12 atom stereocenters. The highest BCUT2D eigenvalue weighted by Crippen LogP contribution is 2.55. The van der Waals surface area contributed by atoms with Crippen LogP contribution < -0.4 is 5.32 Å². The maximum atomic E-state index is 14.5. The van der Waals surface area contributed by atoms with Gasteiger partial charge in [0.15, 0.2) is 20.9 Å². The third-order valence-electron chi connectivity index (χ3n) is 13.7. The highest BCUT2D eigenvalue weighted by Gasteiger charge is 2.53. The Kier molecular flexibility index (Phi) is 20.9. The largest absolute Gasteiger partial charge is 0.475 e. The molecular formula is C49H75N4O14PSi. The van der Waals surface area contributed by atoms with Gasteiger partial charge in [-0.2, -0.15) is 0 Å². The summed E-state index contributed by atoms with van der Waals surface area (Å²) in [5.41, 5.74) is 12.3. The third-order valence-corrected chi connectivity index (χ3v) is 19.5. The van der Waals surface area contributed by atoms with Crippen molar-refractivity contribution >= 4 is 34.0 Å². The molecule has 3 aliphatic rings. The first-order chi connectivity index (χ1) is 32.7. The lowest BCUT2D eigenvalue weighted by atomic mass is 9.88. The Labute approximate surface area is 408 Å². The molecular weight excluding hydrogens is 928 g/mol. The van der Waals surface area contributed by atoms with Crippen molar-refractivity contribution in [3.63, 3.8) is 0 Å². The molecule has 3 heterocycles. The van der Waals surface area contributed by atoms with E-state index in [0.29, 0.717) is 6.42 Å². The molecule has 1 N–H and O–H groups in total. The van der Waals surface area contributed by atoms with E-state index in [2.05, 4.69) is 36.1 Å². The molecule has 2 aromatic rings. The van der Waals surface area contributed by atoms with Gasteiger partial charge in [0.1, 0.15) is 30.5 Å². The number of carbonyl (C=O) groups excluding carboxylic acids is 3. The first kappa shape index (κ1) is 56.2. The number of hydrogen-bond donors (Lipinski definition) is 1. The van der Waals surface area contributed by atoms with Crippen LogP contribution in [0.15, 0.2) is 59.7 Å². The van der Waals surface area contributed by atoms with Crippen LogP contribution in [0.4, 0.5) is 0 Å². The lowest BCUT2D eigenvalue weighted by molar-refractivity contribution is -0.282. The second-order valence-corrected chi connectivity index (χ2v) is 26.3. The van der Waals surface area contributed by atoms with Gasteiger partial charge in [-0.15, -0.1) is 0 Å². The summed E-state index contributed by atoms with van der Waals surface area (Å²) < 4.78 is 77.6. The molecule has 384 valence electrons. The van der Waals surface area contributed by atoms with E-state index in [1.807, 2.05) is 102 Å². The fraction of sp³-hybridized carbons (Fsp3) is 0.694. The van der Waals surface area contributed by atoms with Crippen molar-refractivity contribution in [1.82, 2.24) is 5.32 Å². The summed E-state index contributed by atoms with van der Waals surface area (Å²) in [7, 11) is -6.88. The van der Waals surface area contributed by atoms with Crippen molar-refractivity contribution in [3.05, 3.63) is 81.7 Å². The van der Waals surface area contributed by atoms with Crippen LogP contribution in [0.5, 0.6) is 0 Å². The predicted octanol–water partition coefficient (Wildman–Crippen LogP) is 9.84. The number of esters is 2. The second kappa shape index (κ2) is 25.6. The summed E-state index contributed by atoms with van der Waals surface area (Å²) in [6.45, 7) is 21.3. The number of benzene rings is 2. The normalized spacial score (nSPS) is 27.9. The van der Waals surface area contributed by atoms with Gasteiger partial charge < -0.3 is 38.2 Å². The lowest BCUT2D eigenvalue weighted by Crippen LogP contribution is -2.63. The van der Waals surface area contributed by atoms with Crippen molar-refractivity contribution in [2.45, 2.75) is 188 Å². The van der Waals surface area contributed by atoms with Gasteiger partial charge in [-0.05, 0) is 52.7 Å². The first-order valence-electron chi connectivity index (χ1n) is 24.3. The molecule has 0 bridgehead atoms. The predicted molar refractivity (Wildman–Crippen MR) is 258 cm³/mol. The zero-order chi connectivity index (χ0) is 50.5. The monoisotopic (exact) mass is 1000 g/mol. The Bertz CT molecular complexity index is 2060. The zero-order valence-corrected chi connectivity index (χ0v) is 44.1.